The van der Waals surface area contributed by atoms with Gasteiger partial charge in [-0.1, -0.05) is 0 Å². The zero-order valence-electron chi connectivity index (χ0n) is 9.75. The van der Waals surface area contributed by atoms with Crippen molar-refractivity contribution < 1.29 is 19.4 Å². The van der Waals surface area contributed by atoms with Gasteiger partial charge in [0.05, 0.1) is 18.2 Å². The summed E-state index contributed by atoms with van der Waals surface area (Å²) < 4.78 is 4.61. The van der Waals surface area contributed by atoms with Crippen molar-refractivity contribution in [2.45, 2.75) is 20.8 Å². The number of hydrogen-bond acceptors (Lipinski definition) is 3. The Morgan fingerprint density at radius 1 is 1.19 bits per heavy atom. The maximum atomic E-state index is 11.5. The van der Waals surface area contributed by atoms with Gasteiger partial charge in [-0.15, -0.1) is 0 Å². The summed E-state index contributed by atoms with van der Waals surface area (Å²) in [4.78, 5) is 22.6. The van der Waals surface area contributed by atoms with Crippen molar-refractivity contribution in [3.63, 3.8) is 0 Å². The van der Waals surface area contributed by atoms with Crippen LogP contribution in [0.25, 0.3) is 0 Å². The van der Waals surface area contributed by atoms with Gasteiger partial charge in [-0.2, -0.15) is 0 Å². The number of carboxylic acids is 1. The van der Waals surface area contributed by atoms with E-state index in [1.165, 1.54) is 7.11 Å². The molecule has 0 atom stereocenters. The van der Waals surface area contributed by atoms with Crippen LogP contribution in [0.5, 0.6) is 0 Å². The SMILES string of the molecule is COC(=O)c1cc(C)c(C)c(C(=O)O)c1C. The van der Waals surface area contributed by atoms with Crippen molar-refractivity contribution in [1.82, 2.24) is 0 Å². The van der Waals surface area contributed by atoms with Crippen LogP contribution in [-0.2, 0) is 4.74 Å². The summed E-state index contributed by atoms with van der Waals surface area (Å²) in [6.07, 6.45) is 0. The Hall–Kier alpha value is -1.84. The monoisotopic (exact) mass is 222 g/mol. The lowest BCUT2D eigenvalue weighted by molar-refractivity contribution is 0.0600. The average molecular weight is 222 g/mol. The van der Waals surface area contributed by atoms with Gasteiger partial charge in [-0.05, 0) is 43.5 Å². The lowest BCUT2D eigenvalue weighted by Gasteiger charge is -2.12. The standard InChI is InChI=1S/C12H14O4/c1-6-5-9(12(15)16-4)8(3)10(7(6)2)11(13)14/h5H,1-4H3,(H,13,14). The largest absolute Gasteiger partial charge is 0.478 e. The van der Waals surface area contributed by atoms with E-state index in [9.17, 15) is 9.59 Å². The quantitative estimate of drug-likeness (QED) is 0.778. The van der Waals surface area contributed by atoms with E-state index < -0.39 is 11.9 Å². The van der Waals surface area contributed by atoms with Crippen molar-refractivity contribution >= 4 is 11.9 Å². The van der Waals surface area contributed by atoms with Crippen LogP contribution in [-0.4, -0.2) is 24.2 Å². The summed E-state index contributed by atoms with van der Waals surface area (Å²) in [6, 6.07) is 1.66. The van der Waals surface area contributed by atoms with E-state index in [1.54, 1.807) is 26.8 Å². The molecule has 0 aliphatic rings. The predicted octanol–water partition coefficient (Wildman–Crippen LogP) is 2.10. The molecule has 1 rings (SSSR count). The molecule has 86 valence electrons. The summed E-state index contributed by atoms with van der Waals surface area (Å²) >= 11 is 0. The fourth-order valence-electron chi connectivity index (χ4n) is 1.69. The zero-order chi connectivity index (χ0) is 12.5. The second-order valence-corrected chi connectivity index (χ2v) is 3.66. The second kappa shape index (κ2) is 4.35. The number of hydrogen-bond donors (Lipinski definition) is 1. The van der Waals surface area contributed by atoms with Gasteiger partial charge >= 0.3 is 11.9 Å². The van der Waals surface area contributed by atoms with Crippen molar-refractivity contribution in [2.24, 2.45) is 0 Å². The molecule has 0 amide bonds. The minimum atomic E-state index is -1.02. The molecule has 0 aliphatic heterocycles. The van der Waals surface area contributed by atoms with Crippen LogP contribution >= 0.6 is 0 Å². The number of carbonyl (C=O) groups is 2. The Kier molecular flexibility index (Phi) is 3.32. The van der Waals surface area contributed by atoms with E-state index in [0.717, 1.165) is 5.56 Å². The number of rotatable bonds is 2. The average Bonchev–Trinajstić information content (AvgIpc) is 2.22. The van der Waals surface area contributed by atoms with Gasteiger partial charge in [-0.3, -0.25) is 0 Å². The Morgan fingerprint density at radius 2 is 1.75 bits per heavy atom. The second-order valence-electron chi connectivity index (χ2n) is 3.66. The first kappa shape index (κ1) is 12.2. The van der Waals surface area contributed by atoms with Crippen LogP contribution < -0.4 is 0 Å². The molecule has 1 aromatic rings. The van der Waals surface area contributed by atoms with Gasteiger partial charge in [0.1, 0.15) is 0 Å². The third kappa shape index (κ3) is 1.91. The maximum Gasteiger partial charge on any atom is 0.338 e. The minimum Gasteiger partial charge on any atom is -0.478 e. The third-order valence-electron chi connectivity index (χ3n) is 2.73. The molecule has 0 spiro atoms. The fourth-order valence-corrected chi connectivity index (χ4v) is 1.69. The lowest BCUT2D eigenvalue weighted by atomic mass is 9.93. The van der Waals surface area contributed by atoms with E-state index in [1.807, 2.05) is 0 Å². The van der Waals surface area contributed by atoms with Crippen LogP contribution in [0.15, 0.2) is 6.07 Å². The molecular formula is C12H14O4. The van der Waals surface area contributed by atoms with Crippen molar-refractivity contribution in [1.29, 1.82) is 0 Å². The fraction of sp³-hybridized carbons (Fsp3) is 0.333. The summed E-state index contributed by atoms with van der Waals surface area (Å²) in [7, 11) is 1.28. The van der Waals surface area contributed by atoms with Gasteiger partial charge in [0.25, 0.3) is 0 Å². The first-order chi connectivity index (χ1) is 7.40. The highest BCUT2D eigenvalue weighted by Crippen LogP contribution is 2.22. The van der Waals surface area contributed by atoms with E-state index in [0.29, 0.717) is 16.7 Å². The van der Waals surface area contributed by atoms with Crippen LogP contribution in [0.3, 0.4) is 0 Å². The molecule has 0 bridgehead atoms. The van der Waals surface area contributed by atoms with Gasteiger partial charge in [0.2, 0.25) is 0 Å². The molecule has 0 radical (unpaired) electrons. The number of benzene rings is 1. The first-order valence-electron chi connectivity index (χ1n) is 4.82. The molecule has 16 heavy (non-hydrogen) atoms. The lowest BCUT2D eigenvalue weighted by Crippen LogP contribution is -2.12. The molecule has 0 aliphatic carbocycles. The molecule has 0 saturated carbocycles. The molecule has 0 saturated heterocycles. The number of esters is 1. The van der Waals surface area contributed by atoms with E-state index in [2.05, 4.69) is 4.74 Å². The predicted molar refractivity (Wildman–Crippen MR) is 59.0 cm³/mol. The molecular weight excluding hydrogens is 208 g/mol. The maximum absolute atomic E-state index is 11.5. The number of aromatic carboxylic acids is 1. The number of ether oxygens (including phenoxy) is 1. The number of methoxy groups -OCH3 is 1. The summed E-state index contributed by atoms with van der Waals surface area (Å²) in [5, 5.41) is 9.10. The number of aryl methyl sites for hydroxylation is 1. The van der Waals surface area contributed by atoms with Gasteiger partial charge < -0.3 is 9.84 Å². The summed E-state index contributed by atoms with van der Waals surface area (Å²) in [5.41, 5.74) is 2.38. The molecule has 0 heterocycles. The molecule has 4 nitrogen and oxygen atoms in total. The Balaban J connectivity index is 3.56. The Morgan fingerprint density at radius 3 is 2.19 bits per heavy atom. The third-order valence-corrected chi connectivity index (χ3v) is 2.73. The molecule has 1 N–H and O–H groups in total. The first-order valence-corrected chi connectivity index (χ1v) is 4.82. The zero-order valence-corrected chi connectivity index (χ0v) is 9.75. The minimum absolute atomic E-state index is 0.181. The molecule has 0 fully saturated rings. The Bertz CT molecular complexity index is 461. The normalized spacial score (nSPS) is 10.0. The van der Waals surface area contributed by atoms with Gasteiger partial charge in [-0.25, -0.2) is 9.59 Å². The Labute approximate surface area is 93.9 Å². The van der Waals surface area contributed by atoms with Crippen LogP contribution in [0, 0.1) is 20.8 Å². The van der Waals surface area contributed by atoms with Crippen molar-refractivity contribution in [2.75, 3.05) is 7.11 Å². The van der Waals surface area contributed by atoms with Gasteiger partial charge in [0.15, 0.2) is 0 Å². The molecule has 0 aromatic heterocycles. The van der Waals surface area contributed by atoms with E-state index in [4.69, 9.17) is 5.11 Å². The van der Waals surface area contributed by atoms with Crippen molar-refractivity contribution in [3.05, 3.63) is 33.9 Å². The number of carboxylic acid groups (broad SMARTS) is 1. The van der Waals surface area contributed by atoms with Crippen LogP contribution in [0.1, 0.15) is 37.4 Å². The highest BCUT2D eigenvalue weighted by atomic mass is 16.5. The molecule has 1 aromatic carbocycles. The smallest absolute Gasteiger partial charge is 0.338 e. The summed E-state index contributed by atoms with van der Waals surface area (Å²) in [5.74, 6) is -1.54. The highest BCUT2D eigenvalue weighted by Gasteiger charge is 2.19. The number of carbonyl (C=O) groups excluding carboxylic acids is 1. The van der Waals surface area contributed by atoms with Crippen LogP contribution in [0.4, 0.5) is 0 Å². The summed E-state index contributed by atoms with van der Waals surface area (Å²) in [6.45, 7) is 5.11. The molecule has 0 unspecified atom stereocenters. The van der Waals surface area contributed by atoms with Crippen LogP contribution in [0.2, 0.25) is 0 Å². The van der Waals surface area contributed by atoms with Gasteiger partial charge in [0, 0.05) is 0 Å². The van der Waals surface area contributed by atoms with Crippen molar-refractivity contribution in [3.8, 4) is 0 Å². The topological polar surface area (TPSA) is 63.6 Å². The van der Waals surface area contributed by atoms with E-state index in [-0.39, 0.29) is 5.56 Å². The molecule has 4 heteroatoms. The van der Waals surface area contributed by atoms with E-state index >= 15 is 0 Å². The highest BCUT2D eigenvalue weighted by molar-refractivity contribution is 5.98.